The van der Waals surface area contributed by atoms with Crippen LogP contribution in [-0.4, -0.2) is 30.2 Å². The molecular formula is C20H18N3O5-. The lowest BCUT2D eigenvalue weighted by Crippen LogP contribution is -2.21. The molecule has 28 heavy (non-hydrogen) atoms. The minimum Gasteiger partial charge on any atom is -0.545 e. The van der Waals surface area contributed by atoms with Gasteiger partial charge in [0.05, 0.1) is 26.3 Å². The van der Waals surface area contributed by atoms with Crippen molar-refractivity contribution in [3.05, 3.63) is 65.7 Å². The predicted octanol–water partition coefficient (Wildman–Crippen LogP) is 2.26. The van der Waals surface area contributed by atoms with E-state index in [0.717, 1.165) is 11.3 Å². The molecule has 0 amide bonds. The fourth-order valence-electron chi connectivity index (χ4n) is 2.41. The van der Waals surface area contributed by atoms with Crippen molar-refractivity contribution in [1.82, 2.24) is 9.97 Å². The number of aromatic nitrogens is 2. The van der Waals surface area contributed by atoms with Crippen molar-refractivity contribution in [2.24, 2.45) is 0 Å². The Balaban J connectivity index is 1.75. The van der Waals surface area contributed by atoms with E-state index in [1.807, 2.05) is 18.2 Å². The van der Waals surface area contributed by atoms with E-state index in [-0.39, 0.29) is 11.6 Å². The Morgan fingerprint density at radius 3 is 2.25 bits per heavy atom. The Hall–Kier alpha value is -3.81. The number of ether oxygens (including phenoxy) is 3. The van der Waals surface area contributed by atoms with Crippen LogP contribution in [0.15, 0.2) is 54.6 Å². The van der Waals surface area contributed by atoms with E-state index in [1.165, 1.54) is 26.4 Å². The lowest BCUT2D eigenvalue weighted by molar-refractivity contribution is -0.255. The van der Waals surface area contributed by atoms with Crippen LogP contribution < -0.4 is 24.6 Å². The first-order valence-corrected chi connectivity index (χ1v) is 8.37. The van der Waals surface area contributed by atoms with Gasteiger partial charge in [0, 0.05) is 17.8 Å². The van der Waals surface area contributed by atoms with E-state index in [4.69, 9.17) is 14.2 Å². The highest BCUT2D eigenvalue weighted by atomic mass is 16.5. The molecule has 0 aliphatic heterocycles. The molecule has 1 heterocycles. The molecule has 0 spiro atoms. The first-order valence-electron chi connectivity index (χ1n) is 8.37. The zero-order chi connectivity index (χ0) is 19.9. The summed E-state index contributed by atoms with van der Waals surface area (Å²) in [5.41, 5.74) is 1.74. The van der Waals surface area contributed by atoms with E-state index < -0.39 is 5.97 Å². The van der Waals surface area contributed by atoms with E-state index in [0.29, 0.717) is 24.1 Å². The molecule has 3 rings (SSSR count). The highest BCUT2D eigenvalue weighted by Crippen LogP contribution is 2.27. The number of rotatable bonds is 8. The molecule has 8 nitrogen and oxygen atoms in total. The van der Waals surface area contributed by atoms with Gasteiger partial charge in [-0.2, -0.15) is 9.97 Å². The maximum atomic E-state index is 10.8. The van der Waals surface area contributed by atoms with Crippen LogP contribution in [0.25, 0.3) is 0 Å². The van der Waals surface area contributed by atoms with Crippen LogP contribution in [0.3, 0.4) is 0 Å². The van der Waals surface area contributed by atoms with Gasteiger partial charge in [-0.05, 0) is 23.8 Å². The van der Waals surface area contributed by atoms with Crippen molar-refractivity contribution < 1.29 is 24.1 Å². The number of carbonyl (C=O) groups excluding carboxylic acids is 1. The minimum atomic E-state index is -1.21. The number of carboxylic acids is 1. The van der Waals surface area contributed by atoms with E-state index >= 15 is 0 Å². The maximum Gasteiger partial charge on any atom is 0.328 e. The molecule has 3 aromatic rings. The smallest absolute Gasteiger partial charge is 0.328 e. The van der Waals surface area contributed by atoms with Crippen molar-refractivity contribution in [2.45, 2.75) is 6.54 Å². The molecule has 0 unspecified atom stereocenters. The molecule has 1 aromatic heterocycles. The Kier molecular flexibility index (Phi) is 5.91. The highest BCUT2D eigenvalue weighted by Gasteiger charge is 2.10. The van der Waals surface area contributed by atoms with Crippen molar-refractivity contribution in [3.8, 4) is 23.5 Å². The predicted molar refractivity (Wildman–Crippen MR) is 99.8 cm³/mol. The Bertz CT molecular complexity index is 938. The number of para-hydroxylation sites is 1. The molecule has 0 bridgehead atoms. The van der Waals surface area contributed by atoms with E-state index in [9.17, 15) is 9.90 Å². The third kappa shape index (κ3) is 4.67. The molecule has 2 aromatic carbocycles. The molecule has 0 aliphatic carbocycles. The molecule has 0 aliphatic rings. The standard InChI is InChI=1S/C20H19N3O5/c1-26-17-11-18(27-2)23-20(22-17)28-16-6-4-3-5-14(16)12-21-15-9-7-13(8-10-15)19(24)25/h3-11,21H,12H2,1-2H3,(H,24,25)/p-1. The quantitative estimate of drug-likeness (QED) is 0.634. The first kappa shape index (κ1) is 19.0. The average Bonchev–Trinajstić information content (AvgIpc) is 2.73. The molecule has 144 valence electrons. The van der Waals surface area contributed by atoms with Crippen LogP contribution in [0.4, 0.5) is 5.69 Å². The zero-order valence-electron chi connectivity index (χ0n) is 15.3. The minimum absolute atomic E-state index is 0.0990. The fourth-order valence-corrected chi connectivity index (χ4v) is 2.41. The van der Waals surface area contributed by atoms with Crippen molar-refractivity contribution >= 4 is 11.7 Å². The number of hydrogen-bond acceptors (Lipinski definition) is 8. The van der Waals surface area contributed by atoms with Gasteiger partial charge in [0.1, 0.15) is 5.75 Å². The second-order valence-corrected chi connectivity index (χ2v) is 5.66. The van der Waals surface area contributed by atoms with Gasteiger partial charge in [-0.25, -0.2) is 0 Å². The summed E-state index contributed by atoms with van der Waals surface area (Å²) in [7, 11) is 2.99. The molecule has 8 heteroatoms. The Labute approximate surface area is 161 Å². The number of carboxylic acid groups (broad SMARTS) is 1. The van der Waals surface area contributed by atoms with Gasteiger partial charge in [0.15, 0.2) is 0 Å². The zero-order valence-corrected chi connectivity index (χ0v) is 15.3. The van der Waals surface area contributed by atoms with E-state index in [1.54, 1.807) is 24.3 Å². The number of nitrogens with zero attached hydrogens (tertiary/aromatic N) is 2. The summed E-state index contributed by atoms with van der Waals surface area (Å²) in [4.78, 5) is 19.1. The van der Waals surface area contributed by atoms with Crippen LogP contribution in [0.1, 0.15) is 15.9 Å². The van der Waals surface area contributed by atoms with E-state index in [2.05, 4.69) is 15.3 Å². The summed E-state index contributed by atoms with van der Waals surface area (Å²) in [6.45, 7) is 0.446. The average molecular weight is 380 g/mol. The monoisotopic (exact) mass is 380 g/mol. The highest BCUT2D eigenvalue weighted by molar-refractivity contribution is 5.86. The molecule has 0 atom stereocenters. The fraction of sp³-hybridized carbons (Fsp3) is 0.150. The lowest BCUT2D eigenvalue weighted by Gasteiger charge is -2.13. The third-order valence-corrected chi connectivity index (χ3v) is 3.85. The summed E-state index contributed by atoms with van der Waals surface area (Å²) in [6, 6.07) is 15.4. The number of hydrogen-bond donors (Lipinski definition) is 1. The van der Waals surface area contributed by atoms with Crippen LogP contribution in [0.5, 0.6) is 23.5 Å². The summed E-state index contributed by atoms with van der Waals surface area (Å²) in [5, 5.41) is 14.0. The number of benzene rings is 2. The second kappa shape index (κ2) is 8.72. The molecule has 0 saturated heterocycles. The first-order chi connectivity index (χ1) is 13.6. The SMILES string of the molecule is COc1cc(OC)nc(Oc2ccccc2CNc2ccc(C(=O)[O-])cc2)n1. The summed E-state index contributed by atoms with van der Waals surface area (Å²) in [6.07, 6.45) is 0. The summed E-state index contributed by atoms with van der Waals surface area (Å²) < 4.78 is 16.1. The van der Waals surface area contributed by atoms with Gasteiger partial charge >= 0.3 is 6.01 Å². The topological polar surface area (TPSA) is 106 Å². The number of anilines is 1. The molecule has 0 radical (unpaired) electrons. The van der Waals surface area contributed by atoms with Crippen LogP contribution in [0.2, 0.25) is 0 Å². The number of nitrogens with one attached hydrogen (secondary N) is 1. The molecule has 0 saturated carbocycles. The molecular weight excluding hydrogens is 362 g/mol. The van der Waals surface area contributed by atoms with Crippen LogP contribution >= 0.6 is 0 Å². The molecule has 0 fully saturated rings. The largest absolute Gasteiger partial charge is 0.545 e. The number of methoxy groups -OCH3 is 2. The van der Waals surface area contributed by atoms with Crippen molar-refractivity contribution in [2.75, 3.05) is 19.5 Å². The van der Waals surface area contributed by atoms with Gasteiger partial charge in [0.2, 0.25) is 11.8 Å². The second-order valence-electron chi connectivity index (χ2n) is 5.66. The summed E-state index contributed by atoms with van der Waals surface area (Å²) >= 11 is 0. The lowest BCUT2D eigenvalue weighted by atomic mass is 10.1. The number of aromatic carboxylic acids is 1. The summed E-state index contributed by atoms with van der Waals surface area (Å²) in [5.74, 6) is 0.00612. The Morgan fingerprint density at radius 2 is 1.64 bits per heavy atom. The number of carbonyl (C=O) groups is 1. The van der Waals surface area contributed by atoms with Gasteiger partial charge in [-0.15, -0.1) is 0 Å². The van der Waals surface area contributed by atoms with Crippen molar-refractivity contribution in [3.63, 3.8) is 0 Å². The van der Waals surface area contributed by atoms with Crippen LogP contribution in [0, 0.1) is 0 Å². The normalized spacial score (nSPS) is 10.2. The van der Waals surface area contributed by atoms with Gasteiger partial charge in [0.25, 0.3) is 0 Å². The third-order valence-electron chi connectivity index (χ3n) is 3.85. The Morgan fingerprint density at radius 1 is 1.00 bits per heavy atom. The van der Waals surface area contributed by atoms with Crippen LogP contribution in [-0.2, 0) is 6.54 Å². The van der Waals surface area contributed by atoms with Gasteiger partial charge in [-0.1, -0.05) is 30.3 Å². The maximum absolute atomic E-state index is 10.8. The molecule has 1 N–H and O–H groups in total. The van der Waals surface area contributed by atoms with Gasteiger partial charge in [-0.3, -0.25) is 0 Å². The van der Waals surface area contributed by atoms with Crippen molar-refractivity contribution in [1.29, 1.82) is 0 Å². The van der Waals surface area contributed by atoms with Gasteiger partial charge < -0.3 is 29.4 Å².